The van der Waals surface area contributed by atoms with Crippen LogP contribution in [0.15, 0.2) is 35.3 Å². The number of pyridine rings is 1. The summed E-state index contributed by atoms with van der Waals surface area (Å²) in [6, 6.07) is 7.45. The average molecular weight is 411 g/mol. The molecule has 2 fully saturated rings. The Morgan fingerprint density at radius 2 is 2.10 bits per heavy atom. The third kappa shape index (κ3) is 3.37. The quantitative estimate of drug-likeness (QED) is 0.810. The minimum Gasteiger partial charge on any atom is -0.339 e. The van der Waals surface area contributed by atoms with Gasteiger partial charge in [-0.1, -0.05) is 6.07 Å². The fraction of sp³-hybridized carbons (Fsp3) is 0.591. The van der Waals surface area contributed by atoms with E-state index in [1.54, 1.807) is 12.3 Å². The van der Waals surface area contributed by atoms with E-state index < -0.39 is 6.04 Å². The van der Waals surface area contributed by atoms with Crippen LogP contribution in [0.3, 0.4) is 0 Å². The monoisotopic (exact) mass is 410 g/mol. The van der Waals surface area contributed by atoms with Crippen LogP contribution in [0.25, 0.3) is 0 Å². The van der Waals surface area contributed by atoms with E-state index in [0.717, 1.165) is 57.0 Å². The van der Waals surface area contributed by atoms with Gasteiger partial charge in [0.25, 0.3) is 5.56 Å². The molecule has 0 aromatic carbocycles. The summed E-state index contributed by atoms with van der Waals surface area (Å²) in [4.78, 5) is 33.2. The van der Waals surface area contributed by atoms with Crippen molar-refractivity contribution in [3.05, 3.63) is 52.2 Å². The number of likely N-dealkylation sites (tertiary alicyclic amines) is 2. The van der Waals surface area contributed by atoms with Crippen LogP contribution < -0.4 is 5.56 Å². The van der Waals surface area contributed by atoms with Crippen LogP contribution in [0, 0.1) is 5.92 Å². The number of carbonyl (C=O) groups excluding carboxylic acids is 1. The molecule has 5 heterocycles. The van der Waals surface area contributed by atoms with Crippen molar-refractivity contribution in [3.63, 3.8) is 0 Å². The van der Waals surface area contributed by atoms with Gasteiger partial charge in [-0.3, -0.25) is 24.2 Å². The number of hydrogen-bond acceptors (Lipinski definition) is 5. The van der Waals surface area contributed by atoms with Crippen LogP contribution in [0.2, 0.25) is 0 Å². The third-order valence-corrected chi connectivity index (χ3v) is 7.13. The molecule has 8 heteroatoms. The zero-order valence-corrected chi connectivity index (χ0v) is 17.7. The van der Waals surface area contributed by atoms with Crippen molar-refractivity contribution in [2.45, 2.75) is 37.4 Å². The lowest BCUT2D eigenvalue weighted by atomic mass is 9.78. The van der Waals surface area contributed by atoms with E-state index in [2.05, 4.69) is 34.1 Å². The second-order valence-corrected chi connectivity index (χ2v) is 9.26. The molecule has 1 amide bonds. The number of likely N-dealkylation sites (N-methyl/N-ethyl adjacent to an activating group) is 1. The Hall–Kier alpha value is -2.45. The summed E-state index contributed by atoms with van der Waals surface area (Å²) in [5, 5.41) is 7.11. The van der Waals surface area contributed by atoms with Gasteiger partial charge in [0.05, 0.1) is 0 Å². The zero-order chi connectivity index (χ0) is 20.8. The molecule has 3 aliphatic rings. The summed E-state index contributed by atoms with van der Waals surface area (Å²) in [6.45, 7) is 4.01. The minimum atomic E-state index is -0.407. The molecular weight excluding hydrogens is 380 g/mol. The SMILES string of the molecule is CN(C)[C@@H]1CCN(C(=O)[C@H]2[C@@H]3C[C@@H](CN(Cc4ccn[nH]4)C3)c3cccc(=O)n32)C1. The molecule has 2 aromatic rings. The van der Waals surface area contributed by atoms with Gasteiger partial charge in [-0.15, -0.1) is 0 Å². The second-order valence-electron chi connectivity index (χ2n) is 9.26. The molecule has 160 valence electrons. The molecule has 0 unspecified atom stereocenters. The lowest BCUT2D eigenvalue weighted by Crippen LogP contribution is -2.53. The number of H-pyrrole nitrogens is 1. The van der Waals surface area contributed by atoms with E-state index in [4.69, 9.17) is 0 Å². The normalized spacial score (nSPS) is 28.7. The number of aromatic amines is 1. The molecule has 0 radical (unpaired) electrons. The number of rotatable bonds is 4. The molecule has 0 aliphatic carbocycles. The van der Waals surface area contributed by atoms with Gasteiger partial charge < -0.3 is 9.80 Å². The van der Waals surface area contributed by atoms with Crippen molar-refractivity contribution >= 4 is 5.91 Å². The standard InChI is InChI=1S/C22H30N6O2/c1-25(2)18-7-9-27(14-18)22(30)21-16-10-15(19-4-3-5-20(29)28(19)21)11-26(12-16)13-17-6-8-23-24-17/h3-6,8,15-16,18,21H,7,9-14H2,1-2H3,(H,23,24)/t15-,16+,18+,21+/m0/s1. The van der Waals surface area contributed by atoms with Gasteiger partial charge in [-0.2, -0.15) is 5.10 Å². The fourth-order valence-corrected chi connectivity index (χ4v) is 5.64. The first-order valence-electron chi connectivity index (χ1n) is 10.9. The topological polar surface area (TPSA) is 77.5 Å². The lowest BCUT2D eigenvalue weighted by Gasteiger charge is -2.47. The first-order chi connectivity index (χ1) is 14.5. The Balaban J connectivity index is 1.46. The molecule has 8 nitrogen and oxygen atoms in total. The maximum Gasteiger partial charge on any atom is 0.251 e. The molecule has 30 heavy (non-hydrogen) atoms. The minimum absolute atomic E-state index is 0.0501. The van der Waals surface area contributed by atoms with Crippen LogP contribution >= 0.6 is 0 Å². The number of carbonyl (C=O) groups is 1. The highest BCUT2D eigenvalue weighted by Crippen LogP contribution is 2.42. The van der Waals surface area contributed by atoms with E-state index in [1.165, 1.54) is 0 Å². The number of fused-ring (bicyclic) bond motifs is 4. The molecule has 5 rings (SSSR count). The number of aromatic nitrogens is 3. The zero-order valence-electron chi connectivity index (χ0n) is 17.7. The second kappa shape index (κ2) is 7.67. The predicted octanol–water partition coefficient (Wildman–Crippen LogP) is 0.894. The average Bonchev–Trinajstić information content (AvgIpc) is 3.40. The molecule has 1 N–H and O–H groups in total. The van der Waals surface area contributed by atoms with E-state index in [-0.39, 0.29) is 23.3 Å². The number of nitrogens with zero attached hydrogens (tertiary/aromatic N) is 5. The first kappa shape index (κ1) is 19.5. The number of amides is 1. The predicted molar refractivity (Wildman–Crippen MR) is 113 cm³/mol. The van der Waals surface area contributed by atoms with Gasteiger partial charge in [0, 0.05) is 74.3 Å². The largest absolute Gasteiger partial charge is 0.339 e. The molecule has 2 bridgehead atoms. The summed E-state index contributed by atoms with van der Waals surface area (Å²) in [5.41, 5.74) is 2.04. The van der Waals surface area contributed by atoms with Crippen molar-refractivity contribution in [2.24, 2.45) is 5.92 Å². The molecule has 0 saturated carbocycles. The van der Waals surface area contributed by atoms with E-state index in [9.17, 15) is 9.59 Å². The van der Waals surface area contributed by atoms with Crippen molar-refractivity contribution in [3.8, 4) is 0 Å². The van der Waals surface area contributed by atoms with Crippen LogP contribution in [0.4, 0.5) is 0 Å². The van der Waals surface area contributed by atoms with Crippen LogP contribution in [-0.2, 0) is 11.3 Å². The summed E-state index contributed by atoms with van der Waals surface area (Å²) in [7, 11) is 4.14. The Bertz CT molecular complexity index is 968. The van der Waals surface area contributed by atoms with E-state index in [1.807, 2.05) is 27.7 Å². The van der Waals surface area contributed by atoms with E-state index in [0.29, 0.717) is 6.04 Å². The summed E-state index contributed by atoms with van der Waals surface area (Å²) >= 11 is 0. The molecule has 4 atom stereocenters. The summed E-state index contributed by atoms with van der Waals surface area (Å²) in [5.74, 6) is 0.531. The van der Waals surface area contributed by atoms with Crippen LogP contribution in [0.5, 0.6) is 0 Å². The lowest BCUT2D eigenvalue weighted by molar-refractivity contribution is -0.137. The molecular formula is C22H30N6O2. The van der Waals surface area contributed by atoms with E-state index >= 15 is 0 Å². The van der Waals surface area contributed by atoms with Crippen LogP contribution in [-0.4, -0.2) is 81.7 Å². The van der Waals surface area contributed by atoms with Crippen molar-refractivity contribution in [2.75, 3.05) is 40.3 Å². The van der Waals surface area contributed by atoms with Gasteiger partial charge in [-0.05, 0) is 39.1 Å². The number of nitrogens with one attached hydrogen (secondary N) is 1. The Labute approximate surface area is 176 Å². The van der Waals surface area contributed by atoms with Crippen LogP contribution in [0.1, 0.15) is 36.2 Å². The first-order valence-corrected chi connectivity index (χ1v) is 10.9. The highest BCUT2D eigenvalue weighted by atomic mass is 16.2. The summed E-state index contributed by atoms with van der Waals surface area (Å²) in [6.07, 6.45) is 3.72. The number of piperidine rings is 1. The van der Waals surface area contributed by atoms with Crippen molar-refractivity contribution < 1.29 is 4.79 Å². The highest BCUT2D eigenvalue weighted by molar-refractivity contribution is 5.81. The smallest absolute Gasteiger partial charge is 0.251 e. The molecule has 3 aliphatic heterocycles. The van der Waals surface area contributed by atoms with Crippen molar-refractivity contribution in [1.29, 1.82) is 0 Å². The van der Waals surface area contributed by atoms with Gasteiger partial charge in [0.1, 0.15) is 6.04 Å². The molecule has 2 saturated heterocycles. The highest BCUT2D eigenvalue weighted by Gasteiger charge is 2.45. The molecule has 0 spiro atoms. The molecule has 2 aromatic heterocycles. The maximum absolute atomic E-state index is 13.7. The fourth-order valence-electron chi connectivity index (χ4n) is 5.64. The van der Waals surface area contributed by atoms with Crippen molar-refractivity contribution in [1.82, 2.24) is 29.5 Å². The maximum atomic E-state index is 13.7. The van der Waals surface area contributed by atoms with Gasteiger partial charge in [0.2, 0.25) is 5.91 Å². The van der Waals surface area contributed by atoms with Gasteiger partial charge >= 0.3 is 0 Å². The van der Waals surface area contributed by atoms with Gasteiger partial charge in [-0.25, -0.2) is 0 Å². The Kier molecular flexibility index (Phi) is 4.99. The number of hydrogen-bond donors (Lipinski definition) is 1. The Morgan fingerprint density at radius 1 is 1.23 bits per heavy atom. The Morgan fingerprint density at radius 3 is 2.83 bits per heavy atom. The third-order valence-electron chi connectivity index (χ3n) is 7.13. The van der Waals surface area contributed by atoms with Gasteiger partial charge in [0.15, 0.2) is 0 Å². The summed E-state index contributed by atoms with van der Waals surface area (Å²) < 4.78 is 1.82.